The molecule has 0 aromatic heterocycles. The van der Waals surface area contributed by atoms with Crippen molar-refractivity contribution in [1.82, 2.24) is 0 Å². The Morgan fingerprint density at radius 3 is 2.85 bits per heavy atom. The summed E-state index contributed by atoms with van der Waals surface area (Å²) in [6.07, 6.45) is -0.515. The Morgan fingerprint density at radius 2 is 2.31 bits per heavy atom. The van der Waals surface area contributed by atoms with Crippen LogP contribution in [-0.4, -0.2) is 13.2 Å². The number of hydrogen-bond donors (Lipinski definition) is 1. The van der Waals surface area contributed by atoms with Crippen molar-refractivity contribution >= 4 is 39.3 Å². The average molecular weight is 265 g/mol. The highest BCUT2D eigenvalue weighted by molar-refractivity contribution is 9.10. The number of carbonyl (C=O) groups excluding carboxylic acids is 1. The third-order valence-electron chi connectivity index (χ3n) is 1.35. The third-order valence-corrected chi connectivity index (χ3v) is 2.58. The molecule has 0 saturated heterocycles. The van der Waals surface area contributed by atoms with Crippen molar-refractivity contribution in [3.8, 4) is 0 Å². The zero-order chi connectivity index (χ0) is 9.84. The number of benzene rings is 1. The molecule has 1 amide bonds. The molecule has 0 bridgehead atoms. The Labute approximate surface area is 89.2 Å². The van der Waals surface area contributed by atoms with Crippen molar-refractivity contribution < 1.29 is 9.53 Å². The van der Waals surface area contributed by atoms with Gasteiger partial charge in [0.25, 0.3) is 0 Å². The second-order valence-electron chi connectivity index (χ2n) is 2.25. The second-order valence-corrected chi connectivity index (χ2v) is 3.51. The average Bonchev–Trinajstić information content (AvgIpc) is 2.11. The van der Waals surface area contributed by atoms with Crippen LogP contribution < -0.4 is 5.32 Å². The highest BCUT2D eigenvalue weighted by atomic mass is 79.9. The van der Waals surface area contributed by atoms with Gasteiger partial charge < -0.3 is 4.74 Å². The van der Waals surface area contributed by atoms with Gasteiger partial charge in [0.15, 0.2) is 0 Å². The van der Waals surface area contributed by atoms with E-state index in [0.717, 1.165) is 4.47 Å². The third kappa shape index (κ3) is 2.90. The lowest BCUT2D eigenvalue weighted by molar-refractivity contribution is 0.187. The molecule has 5 heteroatoms. The lowest BCUT2D eigenvalue weighted by atomic mass is 10.3. The summed E-state index contributed by atoms with van der Waals surface area (Å²) in [5, 5.41) is 3.03. The molecule has 0 spiro atoms. The van der Waals surface area contributed by atoms with Crippen LogP contribution in [0.2, 0.25) is 5.02 Å². The van der Waals surface area contributed by atoms with Gasteiger partial charge in [-0.25, -0.2) is 4.79 Å². The van der Waals surface area contributed by atoms with Crippen LogP contribution in [0.4, 0.5) is 10.5 Å². The molecule has 0 unspecified atom stereocenters. The molecule has 70 valence electrons. The highest BCUT2D eigenvalue weighted by Crippen LogP contribution is 2.25. The maximum atomic E-state index is 10.8. The summed E-state index contributed by atoms with van der Waals surface area (Å²) < 4.78 is 5.20. The zero-order valence-electron chi connectivity index (χ0n) is 6.80. The van der Waals surface area contributed by atoms with Gasteiger partial charge in [0, 0.05) is 10.2 Å². The molecule has 0 heterocycles. The highest BCUT2D eigenvalue weighted by Gasteiger charge is 2.02. The molecule has 0 aliphatic rings. The molecule has 0 atom stereocenters. The molecular formula is C8H7BrClNO2. The molecule has 1 aromatic rings. The first-order valence-electron chi connectivity index (χ1n) is 3.43. The first-order chi connectivity index (χ1) is 6.13. The molecule has 0 aliphatic heterocycles. The number of anilines is 1. The Morgan fingerprint density at radius 1 is 1.62 bits per heavy atom. The zero-order valence-corrected chi connectivity index (χ0v) is 9.15. The first kappa shape index (κ1) is 10.3. The normalized spacial score (nSPS) is 9.46. The summed E-state index contributed by atoms with van der Waals surface area (Å²) in [6, 6.07) is 5.09. The SMILES string of the molecule is COC(=O)Nc1ccc(Br)c(Cl)c1. The first-order valence-corrected chi connectivity index (χ1v) is 4.60. The summed E-state index contributed by atoms with van der Waals surface area (Å²) in [5.41, 5.74) is 0.597. The predicted molar refractivity (Wildman–Crippen MR) is 55.2 cm³/mol. The number of carbonyl (C=O) groups is 1. The number of rotatable bonds is 1. The second kappa shape index (κ2) is 4.48. The number of nitrogens with one attached hydrogen (secondary N) is 1. The van der Waals surface area contributed by atoms with Crippen LogP contribution in [-0.2, 0) is 4.74 Å². The minimum atomic E-state index is -0.515. The van der Waals surface area contributed by atoms with Gasteiger partial charge in [-0.05, 0) is 34.1 Å². The van der Waals surface area contributed by atoms with Crippen molar-refractivity contribution in [1.29, 1.82) is 0 Å². The fourth-order valence-corrected chi connectivity index (χ4v) is 1.17. The van der Waals surface area contributed by atoms with Gasteiger partial charge in [-0.1, -0.05) is 11.6 Å². The van der Waals surface area contributed by atoms with Gasteiger partial charge in [-0.2, -0.15) is 0 Å². The topological polar surface area (TPSA) is 38.3 Å². The van der Waals surface area contributed by atoms with Crippen molar-refractivity contribution in [3.05, 3.63) is 27.7 Å². The quantitative estimate of drug-likeness (QED) is 0.845. The van der Waals surface area contributed by atoms with E-state index in [1.807, 2.05) is 0 Å². The van der Waals surface area contributed by atoms with Crippen LogP contribution in [0.15, 0.2) is 22.7 Å². The molecule has 1 N–H and O–H groups in total. The Balaban J connectivity index is 2.79. The number of ether oxygens (including phenoxy) is 1. The van der Waals surface area contributed by atoms with E-state index in [4.69, 9.17) is 11.6 Å². The van der Waals surface area contributed by atoms with E-state index >= 15 is 0 Å². The minimum absolute atomic E-state index is 0.515. The molecule has 3 nitrogen and oxygen atoms in total. The summed E-state index contributed by atoms with van der Waals surface area (Å²) in [5.74, 6) is 0. The van der Waals surface area contributed by atoms with Crippen LogP contribution in [0, 0.1) is 0 Å². The van der Waals surface area contributed by atoms with E-state index < -0.39 is 6.09 Å². The summed E-state index contributed by atoms with van der Waals surface area (Å²) in [4.78, 5) is 10.8. The lowest BCUT2D eigenvalue weighted by Gasteiger charge is -2.04. The van der Waals surface area contributed by atoms with Crippen molar-refractivity contribution in [2.45, 2.75) is 0 Å². The Kier molecular flexibility index (Phi) is 3.57. The fraction of sp³-hybridized carbons (Fsp3) is 0.125. The maximum Gasteiger partial charge on any atom is 0.411 e. The molecule has 0 aliphatic carbocycles. The van der Waals surface area contributed by atoms with Crippen LogP contribution in [0.1, 0.15) is 0 Å². The van der Waals surface area contributed by atoms with E-state index in [2.05, 4.69) is 26.0 Å². The predicted octanol–water partition coefficient (Wildman–Crippen LogP) is 3.28. The lowest BCUT2D eigenvalue weighted by Crippen LogP contribution is -2.10. The van der Waals surface area contributed by atoms with Gasteiger partial charge >= 0.3 is 6.09 Å². The van der Waals surface area contributed by atoms with E-state index in [-0.39, 0.29) is 0 Å². The monoisotopic (exact) mass is 263 g/mol. The van der Waals surface area contributed by atoms with E-state index in [9.17, 15) is 4.79 Å². The molecule has 1 aromatic carbocycles. The Hall–Kier alpha value is -0.740. The molecule has 1 rings (SSSR count). The van der Waals surface area contributed by atoms with E-state index in [0.29, 0.717) is 10.7 Å². The fourth-order valence-electron chi connectivity index (χ4n) is 0.743. The van der Waals surface area contributed by atoms with Crippen molar-refractivity contribution in [3.63, 3.8) is 0 Å². The molecule has 0 radical (unpaired) electrons. The van der Waals surface area contributed by atoms with Gasteiger partial charge in [0.2, 0.25) is 0 Å². The molecular weight excluding hydrogens is 257 g/mol. The van der Waals surface area contributed by atoms with Crippen molar-refractivity contribution in [2.24, 2.45) is 0 Å². The van der Waals surface area contributed by atoms with Crippen LogP contribution in [0.5, 0.6) is 0 Å². The number of methoxy groups -OCH3 is 1. The number of amides is 1. The summed E-state index contributed by atoms with van der Waals surface area (Å²) >= 11 is 9.04. The Bertz CT molecular complexity index is 330. The van der Waals surface area contributed by atoms with Crippen LogP contribution >= 0.6 is 27.5 Å². The van der Waals surface area contributed by atoms with E-state index in [1.165, 1.54) is 7.11 Å². The maximum absolute atomic E-state index is 10.8. The van der Waals surface area contributed by atoms with E-state index in [1.54, 1.807) is 18.2 Å². The standard InChI is InChI=1S/C8H7BrClNO2/c1-13-8(12)11-5-2-3-6(9)7(10)4-5/h2-4H,1H3,(H,11,12). The molecule has 0 saturated carbocycles. The van der Waals surface area contributed by atoms with Gasteiger partial charge in [0.05, 0.1) is 12.1 Å². The van der Waals surface area contributed by atoms with Crippen LogP contribution in [0.3, 0.4) is 0 Å². The number of hydrogen-bond acceptors (Lipinski definition) is 2. The van der Waals surface area contributed by atoms with Gasteiger partial charge in [-0.3, -0.25) is 5.32 Å². The van der Waals surface area contributed by atoms with Crippen LogP contribution in [0.25, 0.3) is 0 Å². The largest absolute Gasteiger partial charge is 0.453 e. The summed E-state index contributed by atoms with van der Waals surface area (Å²) in [6.45, 7) is 0. The number of halogens is 2. The van der Waals surface area contributed by atoms with Crippen molar-refractivity contribution in [2.75, 3.05) is 12.4 Å². The molecule has 13 heavy (non-hydrogen) atoms. The smallest absolute Gasteiger partial charge is 0.411 e. The molecule has 0 fully saturated rings. The summed E-state index contributed by atoms with van der Waals surface area (Å²) in [7, 11) is 1.30. The van der Waals surface area contributed by atoms with Gasteiger partial charge in [-0.15, -0.1) is 0 Å². The minimum Gasteiger partial charge on any atom is -0.453 e. The van der Waals surface area contributed by atoms with Gasteiger partial charge in [0.1, 0.15) is 0 Å².